The van der Waals surface area contributed by atoms with E-state index in [-0.39, 0.29) is 17.1 Å². The molecule has 0 radical (unpaired) electrons. The summed E-state index contributed by atoms with van der Waals surface area (Å²) >= 11 is 0. The molecule has 5 heteroatoms. The molecule has 116 valence electrons. The van der Waals surface area contributed by atoms with Gasteiger partial charge in [0.1, 0.15) is 17.3 Å². The van der Waals surface area contributed by atoms with Crippen molar-refractivity contribution in [2.75, 3.05) is 0 Å². The Labute approximate surface area is 132 Å². The molecule has 0 saturated heterocycles. The van der Waals surface area contributed by atoms with Gasteiger partial charge in [-0.2, -0.15) is 0 Å². The molecule has 0 aliphatic carbocycles. The van der Waals surface area contributed by atoms with Crippen molar-refractivity contribution in [1.29, 1.82) is 0 Å². The number of ketones is 1. The van der Waals surface area contributed by atoms with Gasteiger partial charge >= 0.3 is 5.97 Å². The number of rotatable bonds is 2. The lowest BCUT2D eigenvalue weighted by Crippen LogP contribution is -2.02. The van der Waals surface area contributed by atoms with Crippen LogP contribution in [0.5, 0.6) is 11.5 Å². The Bertz CT molecular complexity index is 852. The van der Waals surface area contributed by atoms with Crippen LogP contribution in [-0.4, -0.2) is 11.8 Å². The lowest BCUT2D eigenvalue weighted by atomic mass is 10.0. The SMILES string of the molecule is CC(=O)Oc1cc(C)c2c(c1)O/C(=C\c1ccccc1F)C2=O. The summed E-state index contributed by atoms with van der Waals surface area (Å²) in [6.07, 6.45) is 1.36. The van der Waals surface area contributed by atoms with Crippen LogP contribution in [0.1, 0.15) is 28.4 Å². The van der Waals surface area contributed by atoms with Crippen molar-refractivity contribution in [3.8, 4) is 11.5 Å². The minimum atomic E-state index is -0.462. The number of ether oxygens (including phenoxy) is 2. The molecule has 0 spiro atoms. The van der Waals surface area contributed by atoms with Crippen LogP contribution in [0.2, 0.25) is 0 Å². The van der Waals surface area contributed by atoms with Gasteiger partial charge < -0.3 is 9.47 Å². The van der Waals surface area contributed by atoms with E-state index >= 15 is 0 Å². The maximum absolute atomic E-state index is 13.7. The molecule has 0 N–H and O–H groups in total. The van der Waals surface area contributed by atoms with Gasteiger partial charge in [0.25, 0.3) is 0 Å². The summed E-state index contributed by atoms with van der Waals surface area (Å²) < 4.78 is 24.3. The molecule has 0 aromatic heterocycles. The maximum Gasteiger partial charge on any atom is 0.308 e. The van der Waals surface area contributed by atoms with Crippen molar-refractivity contribution >= 4 is 17.8 Å². The summed E-state index contributed by atoms with van der Waals surface area (Å²) in [5.74, 6) is -0.591. The zero-order valence-electron chi connectivity index (χ0n) is 12.6. The number of allylic oxidation sites excluding steroid dienone is 1. The summed E-state index contributed by atoms with van der Waals surface area (Å²) in [5, 5.41) is 0. The van der Waals surface area contributed by atoms with Crippen LogP contribution in [-0.2, 0) is 4.79 Å². The third-order valence-corrected chi connectivity index (χ3v) is 3.40. The third kappa shape index (κ3) is 2.85. The third-order valence-electron chi connectivity index (χ3n) is 3.40. The van der Waals surface area contributed by atoms with Crippen molar-refractivity contribution in [3.05, 3.63) is 64.7 Å². The standard InChI is InChI=1S/C18H13FO4/c1-10-7-13(22-11(2)20)9-15-17(10)18(21)16(23-15)8-12-5-3-4-6-14(12)19/h3-9H,1-2H3/b16-8-. The first-order valence-electron chi connectivity index (χ1n) is 6.97. The number of carbonyl (C=O) groups excluding carboxylic acids is 2. The molecule has 0 atom stereocenters. The van der Waals surface area contributed by atoms with Crippen molar-refractivity contribution in [3.63, 3.8) is 0 Å². The second-order valence-corrected chi connectivity index (χ2v) is 5.17. The molecule has 0 bridgehead atoms. The van der Waals surface area contributed by atoms with Crippen LogP contribution in [0.4, 0.5) is 4.39 Å². The fourth-order valence-corrected chi connectivity index (χ4v) is 2.44. The first-order valence-corrected chi connectivity index (χ1v) is 6.97. The predicted molar refractivity (Wildman–Crippen MR) is 81.8 cm³/mol. The lowest BCUT2D eigenvalue weighted by molar-refractivity contribution is -0.131. The van der Waals surface area contributed by atoms with E-state index in [1.54, 1.807) is 31.2 Å². The van der Waals surface area contributed by atoms with Crippen LogP contribution >= 0.6 is 0 Å². The number of fused-ring (bicyclic) bond motifs is 1. The molecular formula is C18H13FO4. The highest BCUT2D eigenvalue weighted by atomic mass is 19.1. The number of benzene rings is 2. The van der Waals surface area contributed by atoms with E-state index in [9.17, 15) is 14.0 Å². The Balaban J connectivity index is 2.00. The highest BCUT2D eigenvalue weighted by molar-refractivity contribution is 6.15. The van der Waals surface area contributed by atoms with Gasteiger partial charge in [-0.25, -0.2) is 4.39 Å². The first-order chi connectivity index (χ1) is 11.0. The summed E-state index contributed by atoms with van der Waals surface area (Å²) in [6.45, 7) is 3.01. The van der Waals surface area contributed by atoms with Crippen molar-refractivity contribution in [2.24, 2.45) is 0 Å². The minimum absolute atomic E-state index is 0.0353. The number of esters is 1. The maximum atomic E-state index is 13.7. The van der Waals surface area contributed by atoms with Crippen molar-refractivity contribution < 1.29 is 23.5 Å². The largest absolute Gasteiger partial charge is 0.452 e. The van der Waals surface area contributed by atoms with Gasteiger partial charge in [-0.3, -0.25) is 9.59 Å². The topological polar surface area (TPSA) is 52.6 Å². The molecule has 0 amide bonds. The summed E-state index contributed by atoms with van der Waals surface area (Å²) in [6, 6.07) is 9.17. The van der Waals surface area contributed by atoms with Crippen LogP contribution in [0.3, 0.4) is 0 Å². The van der Waals surface area contributed by atoms with Gasteiger partial charge in [0.15, 0.2) is 5.76 Å². The highest BCUT2D eigenvalue weighted by Crippen LogP contribution is 2.37. The second kappa shape index (κ2) is 5.68. The van der Waals surface area contributed by atoms with Gasteiger partial charge in [0.05, 0.1) is 5.56 Å². The molecule has 2 aromatic rings. The van der Waals surface area contributed by atoms with E-state index in [2.05, 4.69) is 0 Å². The van der Waals surface area contributed by atoms with E-state index < -0.39 is 11.8 Å². The number of carbonyl (C=O) groups is 2. The lowest BCUT2D eigenvalue weighted by Gasteiger charge is -2.05. The number of aryl methyl sites for hydroxylation is 1. The molecule has 0 fully saturated rings. The average Bonchev–Trinajstić information content (AvgIpc) is 2.77. The predicted octanol–water partition coefficient (Wildman–Crippen LogP) is 3.68. The van der Waals surface area contributed by atoms with E-state index in [1.165, 1.54) is 25.1 Å². The molecule has 23 heavy (non-hydrogen) atoms. The van der Waals surface area contributed by atoms with E-state index in [0.29, 0.717) is 22.6 Å². The fourth-order valence-electron chi connectivity index (χ4n) is 2.44. The molecule has 2 aromatic carbocycles. The number of hydrogen-bond acceptors (Lipinski definition) is 4. The second-order valence-electron chi connectivity index (χ2n) is 5.17. The van der Waals surface area contributed by atoms with Crippen molar-refractivity contribution in [1.82, 2.24) is 0 Å². The smallest absolute Gasteiger partial charge is 0.308 e. The number of halogens is 1. The molecule has 0 saturated carbocycles. The molecular weight excluding hydrogens is 299 g/mol. The first kappa shape index (κ1) is 15.0. The average molecular weight is 312 g/mol. The van der Waals surface area contributed by atoms with Gasteiger partial charge in [-0.05, 0) is 30.7 Å². The van der Waals surface area contributed by atoms with Crippen molar-refractivity contribution in [2.45, 2.75) is 13.8 Å². The van der Waals surface area contributed by atoms with Gasteiger partial charge in [0.2, 0.25) is 5.78 Å². The Hall–Kier alpha value is -2.95. The van der Waals surface area contributed by atoms with Gasteiger partial charge in [0, 0.05) is 18.6 Å². The molecule has 1 aliphatic rings. The Kier molecular flexibility index (Phi) is 3.70. The normalized spacial score (nSPS) is 14.6. The van der Waals surface area contributed by atoms with Gasteiger partial charge in [-0.1, -0.05) is 18.2 Å². The molecule has 0 unspecified atom stereocenters. The highest BCUT2D eigenvalue weighted by Gasteiger charge is 2.30. The Morgan fingerprint density at radius 1 is 1.26 bits per heavy atom. The van der Waals surface area contributed by atoms with E-state index in [0.717, 1.165) is 0 Å². The van der Waals surface area contributed by atoms with E-state index in [1.807, 2.05) is 0 Å². The fraction of sp³-hybridized carbons (Fsp3) is 0.111. The molecule has 4 nitrogen and oxygen atoms in total. The van der Waals surface area contributed by atoms with Crippen LogP contribution in [0.25, 0.3) is 6.08 Å². The zero-order valence-corrected chi connectivity index (χ0v) is 12.6. The minimum Gasteiger partial charge on any atom is -0.452 e. The zero-order chi connectivity index (χ0) is 16.6. The number of Topliss-reactive ketones (excluding diaryl/α,β-unsaturated/α-hetero) is 1. The monoisotopic (exact) mass is 312 g/mol. The summed E-state index contributed by atoms with van der Waals surface area (Å²) in [7, 11) is 0. The van der Waals surface area contributed by atoms with Crippen LogP contribution < -0.4 is 9.47 Å². The summed E-state index contributed by atoms with van der Waals surface area (Å²) in [4.78, 5) is 23.5. The molecule has 1 aliphatic heterocycles. The quantitative estimate of drug-likeness (QED) is 0.482. The Morgan fingerprint density at radius 2 is 2.00 bits per heavy atom. The van der Waals surface area contributed by atoms with Crippen LogP contribution in [0, 0.1) is 12.7 Å². The molecule has 3 rings (SSSR count). The van der Waals surface area contributed by atoms with E-state index in [4.69, 9.17) is 9.47 Å². The van der Waals surface area contributed by atoms with Crippen LogP contribution in [0.15, 0.2) is 42.2 Å². The molecule has 1 heterocycles. The van der Waals surface area contributed by atoms with Gasteiger partial charge in [-0.15, -0.1) is 0 Å². The summed E-state index contributed by atoms with van der Waals surface area (Å²) in [5.41, 5.74) is 1.28. The Morgan fingerprint density at radius 3 is 2.70 bits per heavy atom. The number of hydrogen-bond donors (Lipinski definition) is 0.